The lowest BCUT2D eigenvalue weighted by Crippen LogP contribution is -2.11. The van der Waals surface area contributed by atoms with Crippen LogP contribution < -0.4 is 5.69 Å². The predicted octanol–water partition coefficient (Wildman–Crippen LogP) is 2.79. The first-order valence-corrected chi connectivity index (χ1v) is 5.86. The van der Waals surface area contributed by atoms with Crippen molar-refractivity contribution in [2.24, 2.45) is 0 Å². The number of thiophene rings is 1. The summed E-state index contributed by atoms with van der Waals surface area (Å²) in [6, 6.07) is 8.41. The van der Waals surface area contributed by atoms with E-state index in [-0.39, 0.29) is 5.52 Å². The van der Waals surface area contributed by atoms with Crippen LogP contribution in [0.15, 0.2) is 40.5 Å². The molecule has 3 aromatic rings. The Hall–Kier alpha value is -2.01. The number of nitrogens with one attached hydrogen (secondary N) is 1. The predicted molar refractivity (Wildman–Crippen MR) is 65.6 cm³/mol. The van der Waals surface area contributed by atoms with Crippen LogP contribution in [0.25, 0.3) is 21.5 Å². The number of hydrogen-bond acceptors (Lipinski definition) is 3. The molecule has 0 radical (unpaired) electrons. The molecule has 0 aliphatic heterocycles. The van der Waals surface area contributed by atoms with E-state index in [1.54, 1.807) is 12.1 Å². The SMILES string of the molecule is O=c1nc2c(F)cccc2c(-c2cccs2)[nH]1. The average molecular weight is 246 g/mol. The van der Waals surface area contributed by atoms with Crippen LogP contribution in [0.2, 0.25) is 0 Å². The van der Waals surface area contributed by atoms with E-state index in [2.05, 4.69) is 9.97 Å². The lowest BCUT2D eigenvalue weighted by atomic mass is 10.1. The third-order valence-electron chi connectivity index (χ3n) is 2.47. The third-order valence-corrected chi connectivity index (χ3v) is 3.36. The van der Waals surface area contributed by atoms with Gasteiger partial charge in [-0.2, -0.15) is 4.98 Å². The summed E-state index contributed by atoms with van der Waals surface area (Å²) in [6.07, 6.45) is 0. The second kappa shape index (κ2) is 3.78. The molecule has 2 heterocycles. The molecule has 17 heavy (non-hydrogen) atoms. The highest BCUT2D eigenvalue weighted by atomic mass is 32.1. The minimum absolute atomic E-state index is 0.111. The summed E-state index contributed by atoms with van der Waals surface area (Å²) in [6.45, 7) is 0. The van der Waals surface area contributed by atoms with E-state index in [1.165, 1.54) is 17.4 Å². The Morgan fingerprint density at radius 1 is 1.24 bits per heavy atom. The minimum atomic E-state index is -0.536. The van der Waals surface area contributed by atoms with Crippen molar-refractivity contribution in [3.05, 3.63) is 52.0 Å². The molecule has 0 aliphatic rings. The molecule has 0 spiro atoms. The standard InChI is InChI=1S/C12H7FN2OS/c13-8-4-1-3-7-10(8)14-12(16)15-11(7)9-5-2-6-17-9/h1-6H,(H,14,15,16). The van der Waals surface area contributed by atoms with Gasteiger partial charge in [0.15, 0.2) is 0 Å². The lowest BCUT2D eigenvalue weighted by molar-refractivity contribution is 0.636. The summed E-state index contributed by atoms with van der Waals surface area (Å²) in [5.74, 6) is -0.480. The number of rotatable bonds is 1. The molecular formula is C12H7FN2OS. The molecule has 84 valence electrons. The van der Waals surface area contributed by atoms with Gasteiger partial charge in [0.2, 0.25) is 0 Å². The zero-order valence-corrected chi connectivity index (χ0v) is 9.42. The van der Waals surface area contributed by atoms with Gasteiger partial charge >= 0.3 is 5.69 Å². The maximum absolute atomic E-state index is 13.6. The molecule has 0 saturated carbocycles. The molecule has 3 rings (SSSR count). The minimum Gasteiger partial charge on any atom is -0.304 e. The van der Waals surface area contributed by atoms with Crippen molar-refractivity contribution in [1.29, 1.82) is 0 Å². The second-order valence-electron chi connectivity index (χ2n) is 3.53. The first-order valence-electron chi connectivity index (χ1n) is 4.98. The smallest absolute Gasteiger partial charge is 0.304 e. The van der Waals surface area contributed by atoms with Crippen molar-refractivity contribution in [1.82, 2.24) is 9.97 Å². The maximum Gasteiger partial charge on any atom is 0.346 e. The fourth-order valence-electron chi connectivity index (χ4n) is 1.75. The number of fused-ring (bicyclic) bond motifs is 1. The first-order chi connectivity index (χ1) is 8.25. The number of halogens is 1. The number of aromatic nitrogens is 2. The topological polar surface area (TPSA) is 45.8 Å². The highest BCUT2D eigenvalue weighted by Gasteiger charge is 2.10. The molecule has 2 aromatic heterocycles. The Kier molecular flexibility index (Phi) is 2.26. The number of hydrogen-bond donors (Lipinski definition) is 1. The second-order valence-corrected chi connectivity index (χ2v) is 4.48. The van der Waals surface area contributed by atoms with E-state index in [1.807, 2.05) is 17.5 Å². The van der Waals surface area contributed by atoms with Crippen molar-refractivity contribution in [3.63, 3.8) is 0 Å². The number of H-pyrrole nitrogens is 1. The molecule has 3 nitrogen and oxygen atoms in total. The van der Waals surface area contributed by atoms with Crippen LogP contribution in [0.3, 0.4) is 0 Å². The summed E-state index contributed by atoms with van der Waals surface area (Å²) in [5.41, 5.74) is 0.195. The molecule has 5 heteroatoms. The van der Waals surface area contributed by atoms with E-state index in [9.17, 15) is 9.18 Å². The Morgan fingerprint density at radius 2 is 2.12 bits per heavy atom. The molecule has 1 N–H and O–H groups in total. The number of aromatic amines is 1. The summed E-state index contributed by atoms with van der Waals surface area (Å²) in [7, 11) is 0. The molecule has 0 unspecified atom stereocenters. The Balaban J connectivity index is 2.46. The molecule has 0 bridgehead atoms. The average Bonchev–Trinajstić information content (AvgIpc) is 2.83. The Bertz CT molecular complexity index is 734. The molecule has 0 saturated heterocycles. The highest BCUT2D eigenvalue weighted by molar-refractivity contribution is 7.13. The molecule has 1 aromatic carbocycles. The van der Waals surface area contributed by atoms with E-state index in [0.29, 0.717) is 11.1 Å². The van der Waals surface area contributed by atoms with E-state index >= 15 is 0 Å². The van der Waals surface area contributed by atoms with Gasteiger partial charge in [-0.1, -0.05) is 18.2 Å². The van der Waals surface area contributed by atoms with Gasteiger partial charge in [-0.05, 0) is 17.5 Å². The lowest BCUT2D eigenvalue weighted by Gasteiger charge is -2.03. The summed E-state index contributed by atoms with van der Waals surface area (Å²) < 4.78 is 13.6. The molecule has 0 atom stereocenters. The van der Waals surface area contributed by atoms with Crippen molar-refractivity contribution >= 4 is 22.2 Å². The van der Waals surface area contributed by atoms with E-state index in [0.717, 1.165) is 4.88 Å². The zero-order chi connectivity index (χ0) is 11.8. The fourth-order valence-corrected chi connectivity index (χ4v) is 2.49. The largest absolute Gasteiger partial charge is 0.346 e. The Labute approximate surface area is 99.6 Å². The van der Waals surface area contributed by atoms with Gasteiger partial charge in [0.25, 0.3) is 0 Å². The quantitative estimate of drug-likeness (QED) is 0.717. The van der Waals surface area contributed by atoms with Crippen LogP contribution in [0.1, 0.15) is 0 Å². The van der Waals surface area contributed by atoms with Crippen LogP contribution in [0.4, 0.5) is 4.39 Å². The van der Waals surface area contributed by atoms with Crippen molar-refractivity contribution in [2.45, 2.75) is 0 Å². The van der Waals surface area contributed by atoms with Crippen molar-refractivity contribution < 1.29 is 4.39 Å². The van der Waals surface area contributed by atoms with Gasteiger partial charge in [-0.15, -0.1) is 11.3 Å². The number of nitrogens with zero attached hydrogens (tertiary/aromatic N) is 1. The highest BCUT2D eigenvalue weighted by Crippen LogP contribution is 2.28. The number of benzene rings is 1. The molecular weight excluding hydrogens is 239 g/mol. The van der Waals surface area contributed by atoms with Crippen molar-refractivity contribution in [3.8, 4) is 10.6 Å². The molecule has 0 amide bonds. The van der Waals surface area contributed by atoms with Crippen LogP contribution in [-0.2, 0) is 0 Å². The van der Waals surface area contributed by atoms with Crippen LogP contribution >= 0.6 is 11.3 Å². The van der Waals surface area contributed by atoms with Gasteiger partial charge in [0, 0.05) is 5.39 Å². The van der Waals surface area contributed by atoms with Gasteiger partial charge < -0.3 is 4.98 Å². The zero-order valence-electron chi connectivity index (χ0n) is 8.61. The summed E-state index contributed by atoms with van der Waals surface area (Å²) in [4.78, 5) is 18.6. The first kappa shape index (κ1) is 10.2. The van der Waals surface area contributed by atoms with Gasteiger partial charge in [-0.25, -0.2) is 9.18 Å². The van der Waals surface area contributed by atoms with Crippen molar-refractivity contribution in [2.75, 3.05) is 0 Å². The summed E-state index contributed by atoms with van der Waals surface area (Å²) in [5, 5.41) is 2.52. The van der Waals surface area contributed by atoms with Gasteiger partial charge in [0.05, 0.1) is 10.6 Å². The van der Waals surface area contributed by atoms with Gasteiger partial charge in [-0.3, -0.25) is 0 Å². The van der Waals surface area contributed by atoms with Crippen LogP contribution in [0, 0.1) is 5.82 Å². The fraction of sp³-hybridized carbons (Fsp3) is 0. The van der Waals surface area contributed by atoms with Crippen LogP contribution in [-0.4, -0.2) is 9.97 Å². The number of para-hydroxylation sites is 1. The van der Waals surface area contributed by atoms with E-state index in [4.69, 9.17) is 0 Å². The monoisotopic (exact) mass is 246 g/mol. The van der Waals surface area contributed by atoms with Crippen LogP contribution in [0.5, 0.6) is 0 Å². The molecule has 0 aliphatic carbocycles. The van der Waals surface area contributed by atoms with E-state index < -0.39 is 11.5 Å². The maximum atomic E-state index is 13.6. The van der Waals surface area contributed by atoms with Gasteiger partial charge in [0.1, 0.15) is 11.3 Å². The third kappa shape index (κ3) is 1.64. The Morgan fingerprint density at radius 3 is 2.88 bits per heavy atom. The molecule has 0 fully saturated rings. The normalized spacial score (nSPS) is 10.9. The summed E-state index contributed by atoms with van der Waals surface area (Å²) >= 11 is 1.49.